The predicted octanol–water partition coefficient (Wildman–Crippen LogP) is 5.77. The van der Waals surface area contributed by atoms with Crippen molar-refractivity contribution in [2.75, 3.05) is 26.2 Å². The molecule has 33 heavy (non-hydrogen) atoms. The maximum atomic E-state index is 12.5. The van der Waals surface area contributed by atoms with E-state index in [0.717, 1.165) is 26.4 Å². The Labute approximate surface area is 195 Å². The number of hydrogen-bond donors (Lipinski definition) is 1. The van der Waals surface area contributed by atoms with E-state index in [1.165, 1.54) is 21.8 Å². The zero-order valence-corrected chi connectivity index (χ0v) is 19.3. The molecule has 0 saturated heterocycles. The Balaban J connectivity index is 0.00000324. The summed E-state index contributed by atoms with van der Waals surface area (Å²) >= 11 is 1.51. The van der Waals surface area contributed by atoms with Gasteiger partial charge in [-0.05, 0) is 44.2 Å². The lowest BCUT2D eigenvalue weighted by atomic mass is 10.1. The summed E-state index contributed by atoms with van der Waals surface area (Å²) in [5, 5.41) is 2.80. The number of alkyl halides is 3. The van der Waals surface area contributed by atoms with Crippen LogP contribution in [0.5, 0.6) is 0 Å². The summed E-state index contributed by atoms with van der Waals surface area (Å²) in [6.45, 7) is 3.73. The number of benzene rings is 2. The first-order chi connectivity index (χ1) is 15.7. The van der Waals surface area contributed by atoms with E-state index in [4.69, 9.17) is 4.98 Å². The SMILES string of the molecule is CCN(CCCNC(=O)c1ccc2c(c1)sc1nc(-c3cccc(C)c3)cn12)CC(F)(F)F.[HH]. The molecule has 0 fully saturated rings. The Kier molecular flexibility index (Phi) is 6.71. The van der Waals surface area contributed by atoms with Crippen LogP contribution in [0.4, 0.5) is 13.2 Å². The first-order valence-corrected chi connectivity index (χ1v) is 11.6. The van der Waals surface area contributed by atoms with Crippen LogP contribution in [-0.2, 0) is 0 Å². The largest absolute Gasteiger partial charge is 0.401 e. The number of nitrogens with zero attached hydrogens (tertiary/aromatic N) is 3. The van der Waals surface area contributed by atoms with Crippen molar-refractivity contribution in [2.45, 2.75) is 26.4 Å². The molecule has 0 radical (unpaired) electrons. The van der Waals surface area contributed by atoms with E-state index in [0.29, 0.717) is 25.1 Å². The molecule has 5 nitrogen and oxygen atoms in total. The summed E-state index contributed by atoms with van der Waals surface area (Å²) < 4.78 is 40.6. The molecule has 0 aliphatic heterocycles. The first-order valence-electron chi connectivity index (χ1n) is 10.8. The number of amides is 1. The molecule has 2 aromatic carbocycles. The Morgan fingerprint density at radius 3 is 2.79 bits per heavy atom. The molecular weight excluding hydrogens is 449 g/mol. The fraction of sp³-hybridized carbons (Fsp3) is 0.333. The highest BCUT2D eigenvalue weighted by molar-refractivity contribution is 7.23. The number of hydrogen-bond acceptors (Lipinski definition) is 4. The lowest BCUT2D eigenvalue weighted by Crippen LogP contribution is -2.36. The monoisotopic (exact) mass is 476 g/mol. The van der Waals surface area contributed by atoms with Gasteiger partial charge in [-0.15, -0.1) is 0 Å². The molecule has 1 N–H and O–H groups in total. The standard InChI is InChI=1S/C24H25F3N4OS.H2/c1-3-30(15-24(25,26)27)11-5-10-28-22(32)18-8-9-20-21(13-18)33-23-29-19(14-31(20)23)17-7-4-6-16(2)12-17;/h4,6-9,12-14H,3,5,10-11,15H2,1-2H3,(H,28,32);1H. The van der Waals surface area contributed by atoms with Gasteiger partial charge in [-0.25, -0.2) is 4.98 Å². The second-order valence-corrected chi connectivity index (χ2v) is 9.04. The molecular formula is C24H27F3N4OS. The number of carbonyl (C=O) groups is 1. The minimum atomic E-state index is -4.21. The molecule has 0 unspecified atom stereocenters. The van der Waals surface area contributed by atoms with Crippen LogP contribution in [0.25, 0.3) is 26.4 Å². The summed E-state index contributed by atoms with van der Waals surface area (Å²) in [6, 6.07) is 13.7. The van der Waals surface area contributed by atoms with E-state index < -0.39 is 12.7 Å². The topological polar surface area (TPSA) is 49.6 Å². The molecule has 0 atom stereocenters. The molecule has 0 aliphatic rings. The van der Waals surface area contributed by atoms with Crippen LogP contribution in [-0.4, -0.2) is 52.5 Å². The number of carbonyl (C=O) groups excluding carboxylic acids is 1. The van der Waals surface area contributed by atoms with E-state index >= 15 is 0 Å². The average molecular weight is 477 g/mol. The van der Waals surface area contributed by atoms with Crippen molar-refractivity contribution in [3.8, 4) is 11.3 Å². The van der Waals surface area contributed by atoms with Crippen LogP contribution in [0, 0.1) is 6.92 Å². The van der Waals surface area contributed by atoms with Gasteiger partial charge >= 0.3 is 6.18 Å². The highest BCUT2D eigenvalue weighted by Crippen LogP contribution is 2.30. The van der Waals surface area contributed by atoms with Crippen molar-refractivity contribution < 1.29 is 19.4 Å². The van der Waals surface area contributed by atoms with Gasteiger partial charge in [0.05, 0.1) is 22.5 Å². The molecule has 2 aromatic heterocycles. The van der Waals surface area contributed by atoms with Crippen LogP contribution >= 0.6 is 11.3 Å². The normalized spacial score (nSPS) is 12.2. The molecule has 0 aliphatic carbocycles. The summed E-state index contributed by atoms with van der Waals surface area (Å²) in [4.78, 5) is 19.5. The third-order valence-electron chi connectivity index (χ3n) is 5.46. The Bertz CT molecular complexity index is 1280. The van der Waals surface area contributed by atoms with E-state index in [1.54, 1.807) is 13.0 Å². The van der Waals surface area contributed by atoms with Gasteiger partial charge in [0.25, 0.3) is 5.91 Å². The number of aromatic nitrogens is 2. The summed E-state index contributed by atoms with van der Waals surface area (Å²) in [7, 11) is 0. The van der Waals surface area contributed by atoms with E-state index in [2.05, 4.69) is 11.4 Å². The third kappa shape index (κ3) is 5.54. The maximum absolute atomic E-state index is 12.5. The lowest BCUT2D eigenvalue weighted by molar-refractivity contribution is -0.145. The summed E-state index contributed by atoms with van der Waals surface area (Å²) in [5.41, 5.74) is 4.64. The van der Waals surface area contributed by atoms with Crippen LogP contribution in [0.3, 0.4) is 0 Å². The number of fused-ring (bicyclic) bond motifs is 3. The number of thiazole rings is 1. The molecule has 4 rings (SSSR count). The van der Waals surface area contributed by atoms with Gasteiger partial charge < -0.3 is 5.32 Å². The number of halogens is 3. The highest BCUT2D eigenvalue weighted by atomic mass is 32.1. The van der Waals surface area contributed by atoms with Crippen molar-refractivity contribution in [3.05, 3.63) is 59.8 Å². The summed E-state index contributed by atoms with van der Waals surface area (Å²) in [5.74, 6) is -0.234. The zero-order chi connectivity index (χ0) is 23.6. The molecule has 0 saturated carbocycles. The Morgan fingerprint density at radius 1 is 1.24 bits per heavy atom. The molecule has 0 spiro atoms. The third-order valence-corrected chi connectivity index (χ3v) is 6.47. The van der Waals surface area contributed by atoms with Gasteiger partial charge in [-0.1, -0.05) is 42.0 Å². The van der Waals surface area contributed by atoms with Crippen LogP contribution < -0.4 is 5.32 Å². The van der Waals surface area contributed by atoms with Gasteiger partial charge in [-0.2, -0.15) is 13.2 Å². The summed E-state index contributed by atoms with van der Waals surface area (Å²) in [6.07, 6.45) is -1.76. The van der Waals surface area contributed by atoms with Gasteiger partial charge in [0.2, 0.25) is 0 Å². The van der Waals surface area contributed by atoms with Crippen LogP contribution in [0.2, 0.25) is 0 Å². The second-order valence-electron chi connectivity index (χ2n) is 8.03. The minimum absolute atomic E-state index is 0. The second kappa shape index (κ2) is 9.52. The van der Waals surface area contributed by atoms with Gasteiger partial charge in [0, 0.05) is 31.8 Å². The number of rotatable bonds is 8. The van der Waals surface area contributed by atoms with Crippen LogP contribution in [0.1, 0.15) is 30.7 Å². The first kappa shape index (κ1) is 23.3. The average Bonchev–Trinajstić information content (AvgIpc) is 3.32. The zero-order valence-electron chi connectivity index (χ0n) is 18.4. The Hall–Kier alpha value is -2.91. The van der Waals surface area contributed by atoms with Crippen molar-refractivity contribution in [1.82, 2.24) is 19.6 Å². The molecule has 1 amide bonds. The number of imidazole rings is 1. The lowest BCUT2D eigenvalue weighted by Gasteiger charge is -2.21. The quantitative estimate of drug-likeness (QED) is 0.328. The van der Waals surface area contributed by atoms with Crippen LogP contribution in [0.15, 0.2) is 48.7 Å². The fourth-order valence-corrected chi connectivity index (χ4v) is 4.84. The smallest absolute Gasteiger partial charge is 0.352 e. The maximum Gasteiger partial charge on any atom is 0.401 e. The molecule has 2 heterocycles. The van der Waals surface area contributed by atoms with Crippen molar-refractivity contribution >= 4 is 32.4 Å². The van der Waals surface area contributed by atoms with Crippen molar-refractivity contribution in [3.63, 3.8) is 0 Å². The Morgan fingerprint density at radius 2 is 2.06 bits per heavy atom. The van der Waals surface area contributed by atoms with Crippen molar-refractivity contribution in [1.29, 1.82) is 0 Å². The van der Waals surface area contributed by atoms with Gasteiger partial charge in [-0.3, -0.25) is 14.1 Å². The van der Waals surface area contributed by atoms with Gasteiger partial charge in [0.1, 0.15) is 0 Å². The van der Waals surface area contributed by atoms with E-state index in [9.17, 15) is 18.0 Å². The molecule has 4 aromatic rings. The molecule has 0 bridgehead atoms. The molecule has 9 heteroatoms. The predicted molar refractivity (Wildman–Crippen MR) is 128 cm³/mol. The fourth-order valence-electron chi connectivity index (χ4n) is 3.79. The molecule has 176 valence electrons. The number of aryl methyl sites for hydroxylation is 1. The highest BCUT2D eigenvalue weighted by Gasteiger charge is 2.29. The van der Waals surface area contributed by atoms with E-state index in [-0.39, 0.29) is 13.9 Å². The minimum Gasteiger partial charge on any atom is -0.352 e. The number of nitrogens with one attached hydrogen (secondary N) is 1. The van der Waals surface area contributed by atoms with Crippen molar-refractivity contribution in [2.24, 2.45) is 0 Å². The van der Waals surface area contributed by atoms with Gasteiger partial charge in [0.15, 0.2) is 4.96 Å². The van der Waals surface area contributed by atoms with E-state index in [1.807, 2.05) is 47.9 Å².